The largest absolute Gasteiger partial charge is 0.316 e. The molecule has 3 unspecified atom stereocenters. The van der Waals surface area contributed by atoms with Crippen molar-refractivity contribution in [1.82, 2.24) is 10.2 Å². The zero-order valence-corrected chi connectivity index (χ0v) is 11.0. The van der Waals surface area contributed by atoms with Crippen molar-refractivity contribution in [3.8, 4) is 0 Å². The molecule has 3 atom stereocenters. The van der Waals surface area contributed by atoms with Gasteiger partial charge in [0.15, 0.2) is 0 Å². The van der Waals surface area contributed by atoms with Gasteiger partial charge in [-0.05, 0) is 63.1 Å². The molecule has 0 aromatic heterocycles. The molecule has 2 saturated heterocycles. The summed E-state index contributed by atoms with van der Waals surface area (Å²) in [6.45, 7) is 11.4. The average molecular weight is 224 g/mol. The van der Waals surface area contributed by atoms with Crippen LogP contribution in [0.1, 0.15) is 39.5 Å². The first-order chi connectivity index (χ1) is 7.74. The molecule has 0 spiro atoms. The summed E-state index contributed by atoms with van der Waals surface area (Å²) in [4.78, 5) is 2.70. The Morgan fingerprint density at radius 2 is 1.94 bits per heavy atom. The molecule has 2 heterocycles. The van der Waals surface area contributed by atoms with Crippen molar-refractivity contribution in [3.05, 3.63) is 0 Å². The smallest absolute Gasteiger partial charge is 0.000724 e. The Balaban J connectivity index is 1.61. The molecular formula is C14H28N2. The Kier molecular flexibility index (Phi) is 4.66. The second kappa shape index (κ2) is 6.02. The van der Waals surface area contributed by atoms with E-state index < -0.39 is 0 Å². The van der Waals surface area contributed by atoms with Gasteiger partial charge in [-0.25, -0.2) is 0 Å². The van der Waals surface area contributed by atoms with Crippen LogP contribution in [0.3, 0.4) is 0 Å². The summed E-state index contributed by atoms with van der Waals surface area (Å²) >= 11 is 0. The highest BCUT2D eigenvalue weighted by molar-refractivity contribution is 4.76. The molecule has 0 radical (unpaired) electrons. The molecule has 0 bridgehead atoms. The van der Waals surface area contributed by atoms with Gasteiger partial charge < -0.3 is 10.2 Å². The van der Waals surface area contributed by atoms with Gasteiger partial charge >= 0.3 is 0 Å². The average Bonchev–Trinajstić information content (AvgIpc) is 2.69. The van der Waals surface area contributed by atoms with E-state index in [1.54, 1.807) is 0 Å². The lowest BCUT2D eigenvalue weighted by molar-refractivity contribution is 0.137. The molecule has 2 aliphatic rings. The van der Waals surface area contributed by atoms with Crippen molar-refractivity contribution < 1.29 is 0 Å². The Morgan fingerprint density at radius 3 is 2.56 bits per heavy atom. The van der Waals surface area contributed by atoms with Gasteiger partial charge in [-0.2, -0.15) is 0 Å². The number of nitrogens with one attached hydrogen (secondary N) is 1. The van der Waals surface area contributed by atoms with Crippen LogP contribution in [0, 0.1) is 17.8 Å². The second-order valence-corrected chi connectivity index (χ2v) is 6.21. The maximum atomic E-state index is 3.46. The third kappa shape index (κ3) is 3.74. The molecule has 0 aliphatic carbocycles. The predicted octanol–water partition coefficient (Wildman–Crippen LogP) is 2.35. The quantitative estimate of drug-likeness (QED) is 0.788. The fraction of sp³-hybridized carbons (Fsp3) is 1.00. The highest BCUT2D eigenvalue weighted by Gasteiger charge is 2.21. The zero-order valence-electron chi connectivity index (χ0n) is 11.0. The minimum Gasteiger partial charge on any atom is -0.316 e. The van der Waals surface area contributed by atoms with E-state index in [1.165, 1.54) is 58.4 Å². The molecule has 2 heteroatoms. The SMILES string of the molecule is CC1CC(C)CN(CCCC2CCNC2)C1. The summed E-state index contributed by atoms with van der Waals surface area (Å²) in [5.41, 5.74) is 0. The minimum absolute atomic E-state index is 0.914. The lowest BCUT2D eigenvalue weighted by atomic mass is 9.91. The highest BCUT2D eigenvalue weighted by Crippen LogP contribution is 2.22. The third-order valence-corrected chi connectivity index (χ3v) is 4.19. The van der Waals surface area contributed by atoms with Crippen molar-refractivity contribution in [2.75, 3.05) is 32.7 Å². The molecule has 0 aromatic carbocycles. The normalized spacial score (nSPS) is 36.8. The van der Waals surface area contributed by atoms with Crippen LogP contribution in [-0.4, -0.2) is 37.6 Å². The number of likely N-dealkylation sites (tertiary alicyclic amines) is 1. The van der Waals surface area contributed by atoms with Gasteiger partial charge in [0.1, 0.15) is 0 Å². The Morgan fingerprint density at radius 1 is 1.19 bits per heavy atom. The maximum Gasteiger partial charge on any atom is 0.000724 e. The van der Waals surface area contributed by atoms with Gasteiger partial charge in [-0.15, -0.1) is 0 Å². The Hall–Kier alpha value is -0.0800. The second-order valence-electron chi connectivity index (χ2n) is 6.21. The van der Waals surface area contributed by atoms with E-state index in [9.17, 15) is 0 Å². The molecule has 2 aliphatic heterocycles. The van der Waals surface area contributed by atoms with E-state index in [-0.39, 0.29) is 0 Å². The molecule has 0 saturated carbocycles. The van der Waals surface area contributed by atoms with E-state index in [1.807, 2.05) is 0 Å². The number of piperidine rings is 1. The Bertz CT molecular complexity index is 189. The van der Waals surface area contributed by atoms with Gasteiger partial charge in [0, 0.05) is 13.1 Å². The first-order valence-corrected chi connectivity index (χ1v) is 7.17. The molecule has 2 fully saturated rings. The van der Waals surface area contributed by atoms with Gasteiger partial charge in [0.2, 0.25) is 0 Å². The minimum atomic E-state index is 0.914. The number of rotatable bonds is 4. The monoisotopic (exact) mass is 224 g/mol. The summed E-state index contributed by atoms with van der Waals surface area (Å²) in [6, 6.07) is 0. The zero-order chi connectivity index (χ0) is 11.4. The van der Waals surface area contributed by atoms with Crippen LogP contribution in [0.5, 0.6) is 0 Å². The first kappa shape index (κ1) is 12.4. The summed E-state index contributed by atoms with van der Waals surface area (Å²) in [5.74, 6) is 2.80. The summed E-state index contributed by atoms with van der Waals surface area (Å²) < 4.78 is 0. The molecule has 1 N–H and O–H groups in total. The molecule has 16 heavy (non-hydrogen) atoms. The summed E-state index contributed by atoms with van der Waals surface area (Å²) in [7, 11) is 0. The predicted molar refractivity (Wildman–Crippen MR) is 69.6 cm³/mol. The van der Waals surface area contributed by atoms with E-state index in [2.05, 4.69) is 24.1 Å². The molecule has 0 aromatic rings. The van der Waals surface area contributed by atoms with Crippen molar-refractivity contribution >= 4 is 0 Å². The third-order valence-electron chi connectivity index (χ3n) is 4.19. The lowest BCUT2D eigenvalue weighted by Crippen LogP contribution is -2.39. The van der Waals surface area contributed by atoms with Crippen LogP contribution < -0.4 is 5.32 Å². The summed E-state index contributed by atoms with van der Waals surface area (Å²) in [6.07, 6.45) is 5.69. The lowest BCUT2D eigenvalue weighted by Gasteiger charge is -2.35. The molecule has 2 rings (SSSR count). The van der Waals surface area contributed by atoms with Crippen LogP contribution in [0.25, 0.3) is 0 Å². The van der Waals surface area contributed by atoms with Crippen LogP contribution >= 0.6 is 0 Å². The highest BCUT2D eigenvalue weighted by atomic mass is 15.1. The number of hydrogen-bond acceptors (Lipinski definition) is 2. The molecule has 94 valence electrons. The van der Waals surface area contributed by atoms with Gasteiger partial charge in [-0.1, -0.05) is 13.8 Å². The molecule has 2 nitrogen and oxygen atoms in total. The van der Waals surface area contributed by atoms with Crippen molar-refractivity contribution in [3.63, 3.8) is 0 Å². The van der Waals surface area contributed by atoms with Crippen LogP contribution in [0.15, 0.2) is 0 Å². The topological polar surface area (TPSA) is 15.3 Å². The van der Waals surface area contributed by atoms with Crippen LogP contribution in [0.2, 0.25) is 0 Å². The Labute approximate surface area is 101 Å². The maximum absolute atomic E-state index is 3.46. The van der Waals surface area contributed by atoms with E-state index in [0.29, 0.717) is 0 Å². The fourth-order valence-corrected chi connectivity index (χ4v) is 3.54. The van der Waals surface area contributed by atoms with Gasteiger partial charge in [0.05, 0.1) is 0 Å². The van der Waals surface area contributed by atoms with Gasteiger partial charge in [0.25, 0.3) is 0 Å². The van der Waals surface area contributed by atoms with Crippen LogP contribution in [-0.2, 0) is 0 Å². The van der Waals surface area contributed by atoms with Crippen molar-refractivity contribution in [2.45, 2.75) is 39.5 Å². The van der Waals surface area contributed by atoms with E-state index in [4.69, 9.17) is 0 Å². The molecule has 0 amide bonds. The van der Waals surface area contributed by atoms with Crippen molar-refractivity contribution in [2.24, 2.45) is 17.8 Å². The number of nitrogens with zero attached hydrogens (tertiary/aromatic N) is 1. The standard InChI is InChI=1S/C14H28N2/c1-12-8-13(2)11-16(10-12)7-3-4-14-5-6-15-9-14/h12-15H,3-11H2,1-2H3. The van der Waals surface area contributed by atoms with Crippen molar-refractivity contribution in [1.29, 1.82) is 0 Å². The van der Waals surface area contributed by atoms with E-state index >= 15 is 0 Å². The fourth-order valence-electron chi connectivity index (χ4n) is 3.54. The van der Waals surface area contributed by atoms with Gasteiger partial charge in [-0.3, -0.25) is 0 Å². The number of hydrogen-bond donors (Lipinski definition) is 1. The molecular weight excluding hydrogens is 196 g/mol. The first-order valence-electron chi connectivity index (χ1n) is 7.17. The van der Waals surface area contributed by atoms with E-state index in [0.717, 1.165) is 17.8 Å². The summed E-state index contributed by atoms with van der Waals surface area (Å²) in [5, 5.41) is 3.46. The van der Waals surface area contributed by atoms with Crippen LogP contribution in [0.4, 0.5) is 0 Å².